The third-order valence-electron chi connectivity index (χ3n) is 3.66. The molecule has 0 atom stereocenters. The van der Waals surface area contributed by atoms with Crippen LogP contribution < -0.4 is 4.90 Å². The van der Waals surface area contributed by atoms with Crippen molar-refractivity contribution in [1.82, 2.24) is 4.98 Å². The summed E-state index contributed by atoms with van der Waals surface area (Å²) in [5.74, 6) is -0.429. The molecule has 1 aromatic heterocycles. The molecule has 3 rings (SSSR count). The van der Waals surface area contributed by atoms with Crippen LogP contribution in [0.4, 0.5) is 17.2 Å². The van der Waals surface area contributed by atoms with Crippen molar-refractivity contribution >= 4 is 39.1 Å². The van der Waals surface area contributed by atoms with E-state index in [9.17, 15) is 14.9 Å². The van der Waals surface area contributed by atoms with E-state index in [4.69, 9.17) is 0 Å². The highest BCUT2D eigenvalue weighted by atomic mass is 79.9. The molecule has 118 valence electrons. The molecule has 1 aliphatic rings. The number of methoxy groups -OCH3 is 1. The van der Waals surface area contributed by atoms with Gasteiger partial charge in [0.2, 0.25) is 5.82 Å². The zero-order valence-electron chi connectivity index (χ0n) is 12.2. The molecule has 2 heterocycles. The van der Waals surface area contributed by atoms with Crippen LogP contribution in [-0.4, -0.2) is 29.5 Å². The third kappa shape index (κ3) is 2.77. The van der Waals surface area contributed by atoms with Gasteiger partial charge in [0.25, 0.3) is 0 Å². The second-order valence-corrected chi connectivity index (χ2v) is 5.91. The van der Waals surface area contributed by atoms with Gasteiger partial charge in [0.05, 0.1) is 17.6 Å². The molecule has 0 N–H and O–H groups in total. The standard InChI is InChI=1S/C15H12BrN3O4/c1-23-15(20)10-7-13(19(21)22)14(17-8-10)18-5-4-9-6-11(16)2-3-12(9)18/h2-3,6-8H,4-5H2,1H3. The van der Waals surface area contributed by atoms with E-state index in [1.807, 2.05) is 18.2 Å². The average molecular weight is 378 g/mol. The maximum atomic E-state index is 11.6. The molecular weight excluding hydrogens is 366 g/mol. The summed E-state index contributed by atoms with van der Waals surface area (Å²) >= 11 is 3.42. The minimum atomic E-state index is -0.655. The van der Waals surface area contributed by atoms with Gasteiger partial charge >= 0.3 is 11.7 Å². The molecule has 0 spiro atoms. The number of carbonyl (C=O) groups is 1. The number of carbonyl (C=O) groups excluding carboxylic acids is 1. The zero-order valence-corrected chi connectivity index (χ0v) is 13.7. The number of rotatable bonds is 3. The van der Waals surface area contributed by atoms with Gasteiger partial charge in [-0.1, -0.05) is 15.9 Å². The summed E-state index contributed by atoms with van der Waals surface area (Å²) in [7, 11) is 1.22. The van der Waals surface area contributed by atoms with Crippen molar-refractivity contribution in [3.63, 3.8) is 0 Å². The molecule has 1 aliphatic heterocycles. The summed E-state index contributed by atoms with van der Waals surface area (Å²) < 4.78 is 5.55. The van der Waals surface area contributed by atoms with Gasteiger partial charge in [0.15, 0.2) is 0 Å². The molecule has 8 heteroatoms. The lowest BCUT2D eigenvalue weighted by Crippen LogP contribution is -2.17. The van der Waals surface area contributed by atoms with Gasteiger partial charge in [0, 0.05) is 29.0 Å². The molecule has 0 fully saturated rings. The number of nitrogens with zero attached hydrogens (tertiary/aromatic N) is 3. The van der Waals surface area contributed by atoms with E-state index in [0.29, 0.717) is 6.54 Å². The fraction of sp³-hybridized carbons (Fsp3) is 0.200. The molecule has 0 saturated carbocycles. The highest BCUT2D eigenvalue weighted by molar-refractivity contribution is 9.10. The number of pyridine rings is 1. The number of aromatic nitrogens is 1. The first-order valence-corrected chi connectivity index (χ1v) is 7.59. The largest absolute Gasteiger partial charge is 0.465 e. The second kappa shape index (κ2) is 5.96. The van der Waals surface area contributed by atoms with Crippen molar-refractivity contribution in [2.24, 2.45) is 0 Å². The van der Waals surface area contributed by atoms with E-state index in [1.54, 1.807) is 4.90 Å². The topological polar surface area (TPSA) is 85.6 Å². The molecule has 1 aromatic carbocycles. The Morgan fingerprint density at radius 3 is 2.91 bits per heavy atom. The lowest BCUT2D eigenvalue weighted by atomic mass is 10.2. The number of hydrogen-bond acceptors (Lipinski definition) is 6. The lowest BCUT2D eigenvalue weighted by molar-refractivity contribution is -0.384. The lowest BCUT2D eigenvalue weighted by Gasteiger charge is -2.18. The molecule has 0 aliphatic carbocycles. The van der Waals surface area contributed by atoms with Crippen LogP contribution in [0.15, 0.2) is 34.9 Å². The SMILES string of the molecule is COC(=O)c1cnc(N2CCc3cc(Br)ccc32)c([N+](=O)[O-])c1. The van der Waals surface area contributed by atoms with E-state index in [-0.39, 0.29) is 17.1 Å². The summed E-state index contributed by atoms with van der Waals surface area (Å²) in [6.07, 6.45) is 2.07. The first-order valence-electron chi connectivity index (χ1n) is 6.80. The van der Waals surface area contributed by atoms with E-state index in [1.165, 1.54) is 19.4 Å². The van der Waals surface area contributed by atoms with Gasteiger partial charge < -0.3 is 9.64 Å². The van der Waals surface area contributed by atoms with E-state index in [2.05, 4.69) is 25.7 Å². The van der Waals surface area contributed by atoms with E-state index >= 15 is 0 Å². The number of ether oxygens (including phenoxy) is 1. The van der Waals surface area contributed by atoms with E-state index < -0.39 is 10.9 Å². The van der Waals surface area contributed by atoms with Crippen molar-refractivity contribution in [3.05, 3.63) is 56.2 Å². The maximum absolute atomic E-state index is 11.6. The Bertz CT molecular complexity index is 809. The predicted molar refractivity (Wildman–Crippen MR) is 87.1 cm³/mol. The first kappa shape index (κ1) is 15.4. The number of anilines is 2. The number of halogens is 1. The summed E-state index contributed by atoms with van der Waals surface area (Å²) in [5, 5.41) is 11.4. The van der Waals surface area contributed by atoms with Gasteiger partial charge in [-0.15, -0.1) is 0 Å². The minimum absolute atomic E-state index is 0.0539. The Kier molecular flexibility index (Phi) is 3.99. The molecule has 0 saturated heterocycles. The summed E-state index contributed by atoms with van der Waals surface area (Å²) in [4.78, 5) is 28.3. The maximum Gasteiger partial charge on any atom is 0.339 e. The van der Waals surface area contributed by atoms with Gasteiger partial charge in [-0.05, 0) is 30.2 Å². The molecule has 23 heavy (non-hydrogen) atoms. The molecule has 0 unspecified atom stereocenters. The molecule has 7 nitrogen and oxygen atoms in total. The summed E-state index contributed by atoms with van der Waals surface area (Å²) in [5.41, 5.74) is 1.81. The zero-order chi connectivity index (χ0) is 16.6. The Morgan fingerprint density at radius 2 is 2.22 bits per heavy atom. The Hall–Kier alpha value is -2.48. The highest BCUT2D eigenvalue weighted by Crippen LogP contribution is 2.39. The van der Waals surface area contributed by atoms with Crippen molar-refractivity contribution in [2.75, 3.05) is 18.6 Å². The van der Waals surface area contributed by atoms with Crippen LogP contribution in [0, 0.1) is 10.1 Å². The van der Waals surface area contributed by atoms with Gasteiger partial charge in [0.1, 0.15) is 0 Å². The molecule has 2 aromatic rings. The Morgan fingerprint density at radius 1 is 1.43 bits per heavy atom. The molecule has 0 radical (unpaired) electrons. The predicted octanol–water partition coefficient (Wildman–Crippen LogP) is 3.23. The van der Waals surface area contributed by atoms with Crippen LogP contribution in [-0.2, 0) is 11.2 Å². The van der Waals surface area contributed by atoms with Gasteiger partial charge in [-0.3, -0.25) is 10.1 Å². The quantitative estimate of drug-likeness (QED) is 0.463. The van der Waals surface area contributed by atoms with Crippen LogP contribution in [0.25, 0.3) is 0 Å². The number of hydrogen-bond donors (Lipinski definition) is 0. The molecular formula is C15H12BrN3O4. The number of nitro groups is 1. The van der Waals surface area contributed by atoms with Crippen LogP contribution >= 0.6 is 15.9 Å². The van der Waals surface area contributed by atoms with Crippen LogP contribution in [0.2, 0.25) is 0 Å². The van der Waals surface area contributed by atoms with Crippen molar-refractivity contribution in [2.45, 2.75) is 6.42 Å². The third-order valence-corrected chi connectivity index (χ3v) is 4.15. The second-order valence-electron chi connectivity index (χ2n) is 4.99. The summed E-state index contributed by atoms with van der Waals surface area (Å²) in [6, 6.07) is 6.97. The van der Waals surface area contributed by atoms with E-state index in [0.717, 1.165) is 22.1 Å². The fourth-order valence-corrected chi connectivity index (χ4v) is 3.02. The number of benzene rings is 1. The highest BCUT2D eigenvalue weighted by Gasteiger charge is 2.29. The van der Waals surface area contributed by atoms with Crippen molar-refractivity contribution < 1.29 is 14.5 Å². The first-order chi connectivity index (χ1) is 11.0. The molecule has 0 bridgehead atoms. The fourth-order valence-electron chi connectivity index (χ4n) is 2.61. The summed E-state index contributed by atoms with van der Waals surface area (Å²) in [6.45, 7) is 0.594. The van der Waals surface area contributed by atoms with Crippen LogP contribution in [0.3, 0.4) is 0 Å². The van der Waals surface area contributed by atoms with Gasteiger partial charge in [-0.2, -0.15) is 0 Å². The van der Waals surface area contributed by atoms with Crippen molar-refractivity contribution in [1.29, 1.82) is 0 Å². The number of fused-ring (bicyclic) bond motifs is 1. The normalized spacial score (nSPS) is 12.9. The minimum Gasteiger partial charge on any atom is -0.465 e. The number of esters is 1. The van der Waals surface area contributed by atoms with Crippen LogP contribution in [0.5, 0.6) is 0 Å². The van der Waals surface area contributed by atoms with Crippen LogP contribution in [0.1, 0.15) is 15.9 Å². The van der Waals surface area contributed by atoms with Crippen molar-refractivity contribution in [3.8, 4) is 0 Å². The Balaban J connectivity index is 2.08. The smallest absolute Gasteiger partial charge is 0.339 e. The van der Waals surface area contributed by atoms with Gasteiger partial charge in [-0.25, -0.2) is 9.78 Å². The monoisotopic (exact) mass is 377 g/mol. The average Bonchev–Trinajstić information content (AvgIpc) is 2.96. The molecule has 0 amide bonds. The Labute approximate surface area is 140 Å².